The largest absolute Gasteiger partial charge is 0.493 e. The molecule has 0 heterocycles. The highest BCUT2D eigenvalue weighted by Gasteiger charge is 2.17. The van der Waals surface area contributed by atoms with E-state index in [9.17, 15) is 0 Å². The van der Waals surface area contributed by atoms with Gasteiger partial charge >= 0.3 is 0 Å². The summed E-state index contributed by atoms with van der Waals surface area (Å²) in [6.45, 7) is 6.93. The molecular formula is C16H25NO3. The van der Waals surface area contributed by atoms with E-state index in [-0.39, 0.29) is 6.04 Å². The van der Waals surface area contributed by atoms with Gasteiger partial charge in [-0.2, -0.15) is 0 Å². The second-order valence-electron chi connectivity index (χ2n) is 4.49. The van der Waals surface area contributed by atoms with Crippen molar-refractivity contribution in [2.45, 2.75) is 25.8 Å². The Kier molecular flexibility index (Phi) is 6.94. The van der Waals surface area contributed by atoms with Crippen LogP contribution in [0.2, 0.25) is 0 Å². The molecule has 0 saturated heterocycles. The van der Waals surface area contributed by atoms with E-state index in [2.05, 4.69) is 18.8 Å². The minimum absolute atomic E-state index is 0.196. The summed E-state index contributed by atoms with van der Waals surface area (Å²) in [4.78, 5) is 0. The monoisotopic (exact) mass is 279 g/mol. The summed E-state index contributed by atoms with van der Waals surface area (Å²) < 4.78 is 16.1. The molecule has 0 aliphatic carbocycles. The van der Waals surface area contributed by atoms with Crippen LogP contribution in [0.5, 0.6) is 17.2 Å². The topological polar surface area (TPSA) is 39.7 Å². The zero-order valence-corrected chi connectivity index (χ0v) is 12.9. The SMILES string of the molecule is C=CCC(NCCC)c1cc(OC)c(OC)c(OC)c1. The summed E-state index contributed by atoms with van der Waals surface area (Å²) in [6.07, 6.45) is 3.84. The molecule has 112 valence electrons. The first kappa shape index (κ1) is 16.4. The molecule has 0 bridgehead atoms. The van der Waals surface area contributed by atoms with Crippen LogP contribution >= 0.6 is 0 Å². The van der Waals surface area contributed by atoms with Gasteiger partial charge in [-0.05, 0) is 37.1 Å². The molecule has 1 aromatic carbocycles. The number of hydrogen-bond donors (Lipinski definition) is 1. The highest BCUT2D eigenvalue weighted by Crippen LogP contribution is 2.40. The van der Waals surface area contributed by atoms with Gasteiger partial charge in [0.05, 0.1) is 21.3 Å². The Labute approximate surface area is 121 Å². The lowest BCUT2D eigenvalue weighted by Gasteiger charge is -2.20. The van der Waals surface area contributed by atoms with Gasteiger partial charge in [0.25, 0.3) is 0 Å². The van der Waals surface area contributed by atoms with Crippen LogP contribution in [0.25, 0.3) is 0 Å². The molecule has 0 saturated carbocycles. The summed E-state index contributed by atoms with van der Waals surface area (Å²) in [7, 11) is 4.86. The van der Waals surface area contributed by atoms with E-state index >= 15 is 0 Å². The standard InChI is InChI=1S/C16H25NO3/c1-6-8-13(17-9-7-2)12-10-14(18-3)16(20-5)15(11-12)19-4/h6,10-11,13,17H,1,7-9H2,2-5H3. The average Bonchev–Trinajstić information content (AvgIpc) is 2.49. The van der Waals surface area contributed by atoms with Crippen molar-refractivity contribution < 1.29 is 14.2 Å². The van der Waals surface area contributed by atoms with E-state index in [1.165, 1.54) is 0 Å². The summed E-state index contributed by atoms with van der Waals surface area (Å²) in [5, 5.41) is 3.50. The van der Waals surface area contributed by atoms with Crippen molar-refractivity contribution in [1.29, 1.82) is 0 Å². The molecule has 0 amide bonds. The van der Waals surface area contributed by atoms with Gasteiger partial charge in [0.15, 0.2) is 11.5 Å². The lowest BCUT2D eigenvalue weighted by molar-refractivity contribution is 0.323. The molecule has 1 aromatic rings. The Hall–Kier alpha value is -1.68. The normalized spacial score (nSPS) is 11.8. The Morgan fingerprint density at radius 3 is 2.15 bits per heavy atom. The molecule has 1 rings (SSSR count). The van der Waals surface area contributed by atoms with Crippen LogP contribution in [-0.4, -0.2) is 27.9 Å². The maximum atomic E-state index is 5.39. The van der Waals surface area contributed by atoms with Crippen molar-refractivity contribution in [1.82, 2.24) is 5.32 Å². The first-order valence-electron chi connectivity index (χ1n) is 6.85. The predicted molar refractivity (Wildman–Crippen MR) is 81.9 cm³/mol. The second kappa shape index (κ2) is 8.48. The fraction of sp³-hybridized carbons (Fsp3) is 0.500. The first-order chi connectivity index (χ1) is 9.71. The maximum Gasteiger partial charge on any atom is 0.203 e. The lowest BCUT2D eigenvalue weighted by Crippen LogP contribution is -2.21. The second-order valence-corrected chi connectivity index (χ2v) is 4.49. The van der Waals surface area contributed by atoms with E-state index in [4.69, 9.17) is 14.2 Å². The van der Waals surface area contributed by atoms with Gasteiger partial charge in [-0.1, -0.05) is 13.0 Å². The zero-order chi connectivity index (χ0) is 15.0. The molecule has 0 aliphatic rings. The minimum Gasteiger partial charge on any atom is -0.493 e. The number of nitrogens with one attached hydrogen (secondary N) is 1. The average molecular weight is 279 g/mol. The quantitative estimate of drug-likeness (QED) is 0.704. The Morgan fingerprint density at radius 2 is 1.75 bits per heavy atom. The molecule has 4 nitrogen and oxygen atoms in total. The molecule has 0 aromatic heterocycles. The van der Waals surface area contributed by atoms with Crippen LogP contribution in [0.4, 0.5) is 0 Å². The number of ether oxygens (including phenoxy) is 3. The van der Waals surface area contributed by atoms with Crippen LogP contribution < -0.4 is 19.5 Å². The van der Waals surface area contributed by atoms with Crippen LogP contribution in [0.3, 0.4) is 0 Å². The van der Waals surface area contributed by atoms with Crippen molar-refractivity contribution in [3.8, 4) is 17.2 Å². The summed E-state index contributed by atoms with van der Waals surface area (Å²) in [5.41, 5.74) is 1.10. The molecule has 1 N–H and O–H groups in total. The number of rotatable bonds is 9. The highest BCUT2D eigenvalue weighted by atomic mass is 16.5. The van der Waals surface area contributed by atoms with Crippen molar-refractivity contribution >= 4 is 0 Å². The third-order valence-corrected chi connectivity index (χ3v) is 3.13. The predicted octanol–water partition coefficient (Wildman–Crippen LogP) is 3.33. The van der Waals surface area contributed by atoms with E-state index in [0.29, 0.717) is 17.2 Å². The smallest absolute Gasteiger partial charge is 0.203 e. The van der Waals surface area contributed by atoms with Crippen LogP contribution in [0, 0.1) is 0 Å². The Bertz CT molecular complexity index is 407. The lowest BCUT2D eigenvalue weighted by atomic mass is 10.0. The first-order valence-corrected chi connectivity index (χ1v) is 6.85. The molecule has 4 heteroatoms. The third-order valence-electron chi connectivity index (χ3n) is 3.13. The number of benzene rings is 1. The van der Waals surface area contributed by atoms with Crippen LogP contribution in [0.1, 0.15) is 31.4 Å². The minimum atomic E-state index is 0.196. The zero-order valence-electron chi connectivity index (χ0n) is 12.9. The summed E-state index contributed by atoms with van der Waals surface area (Å²) >= 11 is 0. The highest BCUT2D eigenvalue weighted by molar-refractivity contribution is 5.54. The van der Waals surface area contributed by atoms with Crippen molar-refractivity contribution in [3.05, 3.63) is 30.4 Å². The molecule has 0 fully saturated rings. The molecule has 1 unspecified atom stereocenters. The molecule has 0 aliphatic heterocycles. The maximum absolute atomic E-state index is 5.39. The van der Waals surface area contributed by atoms with Crippen LogP contribution in [-0.2, 0) is 0 Å². The Morgan fingerprint density at radius 1 is 1.15 bits per heavy atom. The van der Waals surface area contributed by atoms with E-state index in [1.807, 2.05) is 18.2 Å². The molecule has 0 radical (unpaired) electrons. The Balaban J connectivity index is 3.16. The summed E-state index contributed by atoms with van der Waals surface area (Å²) in [5.74, 6) is 1.97. The van der Waals surface area contributed by atoms with Gasteiger partial charge in [0.2, 0.25) is 5.75 Å². The molecular weight excluding hydrogens is 254 g/mol. The van der Waals surface area contributed by atoms with Gasteiger partial charge in [-0.3, -0.25) is 0 Å². The molecule has 20 heavy (non-hydrogen) atoms. The number of methoxy groups -OCH3 is 3. The van der Waals surface area contributed by atoms with Crippen molar-refractivity contribution in [3.63, 3.8) is 0 Å². The van der Waals surface area contributed by atoms with Gasteiger partial charge in [0, 0.05) is 6.04 Å². The molecule has 1 atom stereocenters. The third kappa shape index (κ3) is 3.90. The van der Waals surface area contributed by atoms with Gasteiger partial charge < -0.3 is 19.5 Å². The molecule has 0 spiro atoms. The van der Waals surface area contributed by atoms with E-state index in [0.717, 1.165) is 24.9 Å². The van der Waals surface area contributed by atoms with Gasteiger partial charge in [-0.25, -0.2) is 0 Å². The fourth-order valence-electron chi connectivity index (χ4n) is 2.13. The van der Waals surface area contributed by atoms with E-state index < -0.39 is 0 Å². The van der Waals surface area contributed by atoms with Gasteiger partial charge in [0.1, 0.15) is 0 Å². The fourth-order valence-corrected chi connectivity index (χ4v) is 2.13. The van der Waals surface area contributed by atoms with Crippen molar-refractivity contribution in [2.24, 2.45) is 0 Å². The summed E-state index contributed by atoms with van der Waals surface area (Å²) in [6, 6.07) is 4.16. The van der Waals surface area contributed by atoms with E-state index in [1.54, 1.807) is 21.3 Å². The van der Waals surface area contributed by atoms with Gasteiger partial charge in [-0.15, -0.1) is 6.58 Å². The number of hydrogen-bond acceptors (Lipinski definition) is 4. The van der Waals surface area contributed by atoms with Crippen molar-refractivity contribution in [2.75, 3.05) is 27.9 Å². The van der Waals surface area contributed by atoms with Crippen LogP contribution in [0.15, 0.2) is 24.8 Å².